The molecular formula is C23H26F2N4O3S. The maximum absolute atomic E-state index is 14.2. The van der Waals surface area contributed by atoms with Crippen LogP contribution in [-0.4, -0.2) is 59.9 Å². The third-order valence-corrected chi connectivity index (χ3v) is 6.79. The highest BCUT2D eigenvalue weighted by Gasteiger charge is 2.44. The number of hydrogen-bond donors (Lipinski definition) is 1. The van der Waals surface area contributed by atoms with Crippen LogP contribution in [-0.2, 0) is 19.9 Å². The van der Waals surface area contributed by atoms with E-state index in [-0.39, 0.29) is 32.3 Å². The molecule has 0 unspecified atom stereocenters. The van der Waals surface area contributed by atoms with Crippen molar-refractivity contribution >= 4 is 28.9 Å². The molecule has 0 bridgehead atoms. The Labute approximate surface area is 195 Å². The number of aliphatic imine (C=N–C) groups is 1. The number of carbonyl (C=O) groups is 2. The van der Waals surface area contributed by atoms with Gasteiger partial charge in [0.25, 0.3) is 0 Å². The first-order chi connectivity index (χ1) is 15.7. The zero-order valence-electron chi connectivity index (χ0n) is 18.5. The van der Waals surface area contributed by atoms with Crippen LogP contribution in [0.4, 0.5) is 8.78 Å². The Balaban J connectivity index is 0.00000324. The maximum atomic E-state index is 14.2. The van der Waals surface area contributed by atoms with Gasteiger partial charge in [-0.2, -0.15) is 0 Å². The fourth-order valence-corrected chi connectivity index (χ4v) is 5.00. The lowest BCUT2D eigenvalue weighted by molar-refractivity contribution is -0.137. The molecule has 0 saturated carbocycles. The minimum Gasteiger partial charge on any atom is -0.466 e. The summed E-state index contributed by atoms with van der Waals surface area (Å²) in [5, 5.41) is 5.58. The second kappa shape index (κ2) is 9.11. The largest absolute Gasteiger partial charge is 0.466 e. The third kappa shape index (κ3) is 4.45. The van der Waals surface area contributed by atoms with E-state index in [1.807, 2.05) is 0 Å². The molecule has 3 heterocycles. The fraction of sp³-hybridized carbons (Fsp3) is 0.391. The van der Waals surface area contributed by atoms with Crippen molar-refractivity contribution in [2.45, 2.75) is 38.0 Å². The fourth-order valence-electron chi connectivity index (χ4n) is 4.42. The number of carbonyl (C=O) groups excluding carboxylic acids is 2. The number of nitrogens with one attached hydrogen (secondary N) is 1. The predicted octanol–water partition coefficient (Wildman–Crippen LogP) is 3.22. The van der Waals surface area contributed by atoms with Gasteiger partial charge in [0, 0.05) is 38.2 Å². The van der Waals surface area contributed by atoms with Crippen molar-refractivity contribution in [3.05, 3.63) is 63.5 Å². The van der Waals surface area contributed by atoms with Gasteiger partial charge in [0.1, 0.15) is 23.3 Å². The monoisotopic (exact) mass is 476 g/mol. The Morgan fingerprint density at radius 3 is 2.70 bits per heavy atom. The zero-order valence-corrected chi connectivity index (χ0v) is 19.3. The van der Waals surface area contributed by atoms with Crippen molar-refractivity contribution in [1.29, 1.82) is 0 Å². The zero-order chi connectivity index (χ0) is 23.8. The van der Waals surface area contributed by atoms with Gasteiger partial charge >= 0.3 is 5.97 Å². The van der Waals surface area contributed by atoms with E-state index in [4.69, 9.17) is 9.73 Å². The first-order valence-electron chi connectivity index (χ1n) is 10.5. The molecule has 2 aliphatic rings. The summed E-state index contributed by atoms with van der Waals surface area (Å²) in [6.07, 6.45) is 0.609. The number of ketones is 1. The minimum absolute atomic E-state index is 0. The van der Waals surface area contributed by atoms with Crippen LogP contribution >= 0.6 is 11.3 Å². The van der Waals surface area contributed by atoms with Gasteiger partial charge in [-0.25, -0.2) is 23.6 Å². The molecular weight excluding hydrogens is 450 g/mol. The Morgan fingerprint density at radius 2 is 2.09 bits per heavy atom. The number of aromatic nitrogens is 1. The van der Waals surface area contributed by atoms with Gasteiger partial charge in [0.05, 0.1) is 18.7 Å². The van der Waals surface area contributed by atoms with Crippen molar-refractivity contribution < 1.29 is 24.5 Å². The van der Waals surface area contributed by atoms with E-state index in [2.05, 4.69) is 10.3 Å². The standard InChI is InChI=1S/C23H24F2N4O3S.H2/c1-13(30)18-10-16(25)11-29(18)12-17-19(22(31)32-3)23(2,14-4-6-15(24)7-5-14)28-20(27-17)21-26-8-9-33-21;/h4-9,16,18H,10-12H2,1-3H3,(H,27,28);1H/t16-,18-,23-;/m0./s1. The molecule has 4 rings (SSSR count). The highest BCUT2D eigenvalue weighted by atomic mass is 32.1. The highest BCUT2D eigenvalue weighted by Crippen LogP contribution is 2.39. The van der Waals surface area contributed by atoms with Crippen LogP contribution in [0.15, 0.2) is 52.1 Å². The number of nitrogens with zero attached hydrogens (tertiary/aromatic N) is 3. The molecule has 33 heavy (non-hydrogen) atoms. The van der Waals surface area contributed by atoms with Gasteiger partial charge in [0.2, 0.25) is 0 Å². The van der Waals surface area contributed by atoms with Gasteiger partial charge in [-0.05, 0) is 31.5 Å². The average Bonchev–Trinajstić information content (AvgIpc) is 3.43. The van der Waals surface area contributed by atoms with Crippen molar-refractivity contribution in [3.63, 3.8) is 0 Å². The second-order valence-corrected chi connectivity index (χ2v) is 9.13. The molecule has 176 valence electrons. The van der Waals surface area contributed by atoms with Crippen molar-refractivity contribution in [1.82, 2.24) is 15.2 Å². The average molecular weight is 477 g/mol. The van der Waals surface area contributed by atoms with Crippen LogP contribution in [0, 0.1) is 5.82 Å². The van der Waals surface area contributed by atoms with E-state index in [0.717, 1.165) is 0 Å². The van der Waals surface area contributed by atoms with Gasteiger partial charge in [-0.1, -0.05) is 12.1 Å². The summed E-state index contributed by atoms with van der Waals surface area (Å²) in [5.74, 6) is -0.752. The third-order valence-electron chi connectivity index (χ3n) is 6.01. The molecule has 7 nitrogen and oxygen atoms in total. The number of Topliss-reactive ketones (excluding diaryl/α,β-unsaturated/α-hetero) is 1. The molecule has 10 heteroatoms. The Morgan fingerprint density at radius 1 is 1.36 bits per heavy atom. The topological polar surface area (TPSA) is 83.9 Å². The minimum atomic E-state index is -1.23. The SMILES string of the molecule is COC(=O)C1=C(CN2C[C@@H](F)C[C@H]2C(C)=O)NC(c2nccs2)=N[C@@]1(C)c1ccc(F)cc1.[HH]. The number of benzene rings is 1. The summed E-state index contributed by atoms with van der Waals surface area (Å²) in [6, 6.07) is 5.14. The van der Waals surface area contributed by atoms with Gasteiger partial charge in [-0.15, -0.1) is 11.3 Å². The lowest BCUT2D eigenvalue weighted by atomic mass is 9.82. The van der Waals surface area contributed by atoms with E-state index in [1.54, 1.807) is 35.5 Å². The highest BCUT2D eigenvalue weighted by molar-refractivity contribution is 7.11. The number of esters is 1. The van der Waals surface area contributed by atoms with E-state index < -0.39 is 29.5 Å². The number of thiazole rings is 1. The first kappa shape index (κ1) is 23.2. The molecule has 0 spiro atoms. The maximum Gasteiger partial charge on any atom is 0.338 e. The summed E-state index contributed by atoms with van der Waals surface area (Å²) in [5.41, 5.74) is -0.0100. The second-order valence-electron chi connectivity index (χ2n) is 8.24. The lowest BCUT2D eigenvalue weighted by Crippen LogP contribution is -2.46. The Hall–Kier alpha value is -2.98. The molecule has 1 aromatic carbocycles. The lowest BCUT2D eigenvalue weighted by Gasteiger charge is -2.36. The molecule has 0 amide bonds. The molecule has 3 atom stereocenters. The number of rotatable bonds is 6. The molecule has 0 aliphatic carbocycles. The molecule has 1 aromatic heterocycles. The van der Waals surface area contributed by atoms with Crippen LogP contribution in [0.25, 0.3) is 0 Å². The normalized spacial score (nSPS) is 25.5. The number of ether oxygens (including phenoxy) is 1. The molecule has 2 aromatic rings. The quantitative estimate of drug-likeness (QED) is 0.645. The predicted molar refractivity (Wildman–Crippen MR) is 122 cm³/mol. The molecule has 1 saturated heterocycles. The van der Waals surface area contributed by atoms with Crippen LogP contribution in [0.3, 0.4) is 0 Å². The van der Waals surface area contributed by atoms with Crippen LogP contribution in [0.1, 0.15) is 32.3 Å². The number of halogens is 2. The Kier molecular flexibility index (Phi) is 6.40. The van der Waals surface area contributed by atoms with Crippen molar-refractivity contribution in [3.8, 4) is 0 Å². The molecule has 1 N–H and O–H groups in total. The molecule has 1 fully saturated rings. The van der Waals surface area contributed by atoms with E-state index in [1.165, 1.54) is 37.5 Å². The number of amidine groups is 1. The van der Waals surface area contributed by atoms with Gasteiger partial charge in [-0.3, -0.25) is 9.69 Å². The summed E-state index contributed by atoms with van der Waals surface area (Å²) in [4.78, 5) is 36.0. The number of likely N-dealkylation sites (tertiary alicyclic amines) is 1. The summed E-state index contributed by atoms with van der Waals surface area (Å²) >= 11 is 1.36. The summed E-state index contributed by atoms with van der Waals surface area (Å²) in [7, 11) is 1.27. The number of methoxy groups -OCH3 is 1. The first-order valence-corrected chi connectivity index (χ1v) is 11.3. The van der Waals surface area contributed by atoms with E-state index in [0.29, 0.717) is 22.1 Å². The van der Waals surface area contributed by atoms with E-state index >= 15 is 0 Å². The number of alkyl halides is 1. The van der Waals surface area contributed by atoms with Crippen LogP contribution in [0.5, 0.6) is 0 Å². The van der Waals surface area contributed by atoms with Crippen LogP contribution in [0.2, 0.25) is 0 Å². The van der Waals surface area contributed by atoms with Crippen molar-refractivity contribution in [2.75, 3.05) is 20.2 Å². The summed E-state index contributed by atoms with van der Waals surface area (Å²) < 4.78 is 33.0. The Bertz CT molecular complexity index is 1120. The van der Waals surface area contributed by atoms with E-state index in [9.17, 15) is 18.4 Å². The van der Waals surface area contributed by atoms with Crippen LogP contribution < -0.4 is 5.32 Å². The molecule has 2 aliphatic heterocycles. The van der Waals surface area contributed by atoms with Gasteiger partial charge < -0.3 is 10.1 Å². The van der Waals surface area contributed by atoms with Gasteiger partial charge in [0.15, 0.2) is 10.8 Å². The number of hydrogen-bond acceptors (Lipinski definition) is 8. The van der Waals surface area contributed by atoms with Crippen molar-refractivity contribution in [2.24, 2.45) is 4.99 Å². The smallest absolute Gasteiger partial charge is 0.338 e. The molecule has 0 radical (unpaired) electrons. The summed E-state index contributed by atoms with van der Waals surface area (Å²) in [6.45, 7) is 3.35.